The molecule has 2 aromatic carbocycles. The second-order valence-corrected chi connectivity index (χ2v) is 5.70. The van der Waals surface area contributed by atoms with Gasteiger partial charge in [-0.25, -0.2) is 0 Å². The molecule has 0 saturated heterocycles. The number of nitrogens with two attached hydrogens (primary N) is 1. The van der Waals surface area contributed by atoms with Gasteiger partial charge in [-0.05, 0) is 17.7 Å². The molecule has 0 radical (unpaired) electrons. The van der Waals surface area contributed by atoms with Crippen molar-refractivity contribution in [3.05, 3.63) is 60.2 Å². The molecule has 3 N–H and O–H groups in total. The number of nitrogens with one attached hydrogen (secondary N) is 1. The fraction of sp³-hybridized carbons (Fsp3) is 0.316. The average Bonchev–Trinajstić information content (AvgIpc) is 2.61. The van der Waals surface area contributed by atoms with E-state index in [-0.39, 0.29) is 43.2 Å². The molecule has 2 aromatic rings. The van der Waals surface area contributed by atoms with Crippen LogP contribution in [0, 0.1) is 0 Å². The summed E-state index contributed by atoms with van der Waals surface area (Å²) < 4.78 is 5.17. The Morgan fingerprint density at radius 2 is 1.73 bits per heavy atom. The topological polar surface area (TPSA) is 67.6 Å². The monoisotopic (exact) mass is 399 g/mol. The molecule has 0 saturated carbocycles. The predicted octanol–water partition coefficient (Wildman–Crippen LogP) is 3.47. The molecule has 1 atom stereocenters. The van der Waals surface area contributed by atoms with E-state index in [0.717, 1.165) is 17.9 Å². The molecule has 26 heavy (non-hydrogen) atoms. The molecule has 1 amide bonds. The molecule has 1 unspecified atom stereocenters. The Morgan fingerprint density at radius 1 is 1.12 bits per heavy atom. The maximum absolute atomic E-state index is 12.2. The van der Waals surface area contributed by atoms with Crippen molar-refractivity contribution in [2.24, 2.45) is 5.73 Å². The van der Waals surface area contributed by atoms with Gasteiger partial charge in [0.05, 0.1) is 23.9 Å². The van der Waals surface area contributed by atoms with E-state index in [2.05, 4.69) is 22.3 Å². The lowest BCUT2D eigenvalue weighted by Gasteiger charge is -2.23. The van der Waals surface area contributed by atoms with Crippen molar-refractivity contribution >= 4 is 42.1 Å². The molecule has 7 heteroatoms. The maximum atomic E-state index is 12.2. The minimum atomic E-state index is -0.265. The first-order valence-electron chi connectivity index (χ1n) is 8.01. The Hall–Kier alpha value is -1.79. The first kappa shape index (κ1) is 24.2. The van der Waals surface area contributed by atoms with E-state index in [4.69, 9.17) is 10.5 Å². The van der Waals surface area contributed by atoms with Gasteiger partial charge in [0.25, 0.3) is 0 Å². The summed E-state index contributed by atoms with van der Waals surface area (Å²) in [5.41, 5.74) is 8.54. The van der Waals surface area contributed by atoms with Crippen LogP contribution in [0.1, 0.15) is 12.0 Å². The number of methoxy groups -OCH3 is 1. The van der Waals surface area contributed by atoms with Crippen LogP contribution in [0.5, 0.6) is 0 Å². The molecule has 0 fully saturated rings. The molecule has 2 rings (SSSR count). The zero-order valence-corrected chi connectivity index (χ0v) is 16.7. The van der Waals surface area contributed by atoms with Crippen LogP contribution in [0.3, 0.4) is 0 Å². The quantitative estimate of drug-likeness (QED) is 0.712. The lowest BCUT2D eigenvalue weighted by molar-refractivity contribution is -0.118. The van der Waals surface area contributed by atoms with Crippen molar-refractivity contribution in [1.82, 2.24) is 0 Å². The summed E-state index contributed by atoms with van der Waals surface area (Å²) in [4.78, 5) is 14.3. The van der Waals surface area contributed by atoms with Crippen LogP contribution >= 0.6 is 24.8 Å². The summed E-state index contributed by atoms with van der Waals surface area (Å²) in [7, 11) is 3.57. The van der Waals surface area contributed by atoms with Gasteiger partial charge in [0.15, 0.2) is 0 Å². The number of carbonyl (C=O) groups is 1. The van der Waals surface area contributed by atoms with E-state index in [1.165, 1.54) is 5.56 Å². The number of carbonyl (C=O) groups excluding carboxylic acids is 1. The Kier molecular flexibility index (Phi) is 11.7. The standard InChI is InChI=1S/C19H25N3O2.2ClH/c1-22(14-15-8-4-3-5-9-15)18-11-7-6-10-17(18)21-19(23)12-16(13-20)24-2;;/h3-11,16H,12-14,20H2,1-2H3,(H,21,23);2*1H. The molecule has 0 heterocycles. The third-order valence-electron chi connectivity index (χ3n) is 3.86. The van der Waals surface area contributed by atoms with Gasteiger partial charge in [-0.3, -0.25) is 4.79 Å². The highest BCUT2D eigenvalue weighted by atomic mass is 35.5. The molecule has 0 aromatic heterocycles. The number of hydrogen-bond donors (Lipinski definition) is 2. The maximum Gasteiger partial charge on any atom is 0.227 e. The van der Waals surface area contributed by atoms with Gasteiger partial charge in [0.2, 0.25) is 5.91 Å². The van der Waals surface area contributed by atoms with Gasteiger partial charge in [-0.15, -0.1) is 24.8 Å². The minimum Gasteiger partial charge on any atom is -0.380 e. The largest absolute Gasteiger partial charge is 0.380 e. The lowest BCUT2D eigenvalue weighted by atomic mass is 10.2. The third kappa shape index (κ3) is 7.22. The fourth-order valence-corrected chi connectivity index (χ4v) is 2.53. The highest BCUT2D eigenvalue weighted by Gasteiger charge is 2.14. The lowest BCUT2D eigenvalue weighted by Crippen LogP contribution is -2.28. The number of benzene rings is 2. The average molecular weight is 400 g/mol. The van der Waals surface area contributed by atoms with Gasteiger partial charge in [0, 0.05) is 27.2 Å². The van der Waals surface area contributed by atoms with Gasteiger partial charge in [0.1, 0.15) is 0 Å². The molecular weight excluding hydrogens is 373 g/mol. The molecule has 5 nitrogen and oxygen atoms in total. The number of hydrogen-bond acceptors (Lipinski definition) is 4. The van der Waals surface area contributed by atoms with Gasteiger partial charge in [-0.2, -0.15) is 0 Å². The van der Waals surface area contributed by atoms with Gasteiger partial charge in [-0.1, -0.05) is 42.5 Å². The SMILES string of the molecule is COC(CN)CC(=O)Nc1ccccc1N(C)Cc1ccccc1.Cl.Cl. The van der Waals surface area contributed by atoms with Crippen molar-refractivity contribution in [3.63, 3.8) is 0 Å². The van der Waals surface area contributed by atoms with Crippen LogP contribution < -0.4 is 16.0 Å². The number of nitrogens with zero attached hydrogens (tertiary/aromatic N) is 1. The van der Waals surface area contributed by atoms with Crippen LogP contribution in [0.2, 0.25) is 0 Å². The zero-order valence-electron chi connectivity index (χ0n) is 15.1. The summed E-state index contributed by atoms with van der Waals surface area (Å²) in [6, 6.07) is 18.0. The highest BCUT2D eigenvalue weighted by Crippen LogP contribution is 2.26. The van der Waals surface area contributed by atoms with Crippen molar-refractivity contribution < 1.29 is 9.53 Å². The summed E-state index contributed by atoms with van der Waals surface area (Å²) in [5, 5.41) is 2.96. The third-order valence-corrected chi connectivity index (χ3v) is 3.86. The first-order valence-corrected chi connectivity index (χ1v) is 8.01. The molecule has 0 aliphatic carbocycles. The summed E-state index contributed by atoms with van der Waals surface area (Å²) >= 11 is 0. The van der Waals surface area contributed by atoms with E-state index in [0.29, 0.717) is 6.54 Å². The number of halogens is 2. The van der Waals surface area contributed by atoms with E-state index in [9.17, 15) is 4.79 Å². The normalized spacial score (nSPS) is 10.9. The van der Waals surface area contributed by atoms with Crippen molar-refractivity contribution in [2.45, 2.75) is 19.1 Å². The van der Waals surface area contributed by atoms with Crippen LogP contribution in [-0.4, -0.2) is 32.7 Å². The van der Waals surface area contributed by atoms with Gasteiger partial charge < -0.3 is 20.7 Å². The second kappa shape index (κ2) is 12.5. The van der Waals surface area contributed by atoms with E-state index < -0.39 is 0 Å². The predicted molar refractivity (Wildman–Crippen MR) is 113 cm³/mol. The first-order chi connectivity index (χ1) is 11.6. The van der Waals surface area contributed by atoms with Gasteiger partial charge >= 0.3 is 0 Å². The number of ether oxygens (including phenoxy) is 1. The van der Waals surface area contributed by atoms with Crippen LogP contribution in [0.15, 0.2) is 54.6 Å². The van der Waals surface area contributed by atoms with Crippen molar-refractivity contribution in [1.29, 1.82) is 0 Å². The summed E-state index contributed by atoms with van der Waals surface area (Å²) in [6.45, 7) is 1.08. The van der Waals surface area contributed by atoms with Crippen molar-refractivity contribution in [3.8, 4) is 0 Å². The van der Waals surface area contributed by atoms with E-state index in [1.54, 1.807) is 7.11 Å². The highest BCUT2D eigenvalue weighted by molar-refractivity contribution is 5.94. The minimum absolute atomic E-state index is 0. The molecule has 0 aliphatic rings. The fourth-order valence-electron chi connectivity index (χ4n) is 2.53. The molecular formula is C19H27Cl2N3O2. The van der Waals surface area contributed by atoms with E-state index >= 15 is 0 Å². The van der Waals surface area contributed by atoms with Crippen LogP contribution in [0.25, 0.3) is 0 Å². The summed E-state index contributed by atoms with van der Waals surface area (Å²) in [5.74, 6) is -0.104. The van der Waals surface area contributed by atoms with E-state index in [1.807, 2.05) is 49.5 Å². The molecule has 0 spiro atoms. The van der Waals surface area contributed by atoms with Crippen LogP contribution in [0.4, 0.5) is 11.4 Å². The number of rotatable bonds is 8. The Balaban J connectivity index is 0.00000312. The summed E-state index contributed by atoms with van der Waals surface area (Å²) in [6.07, 6.45) is -0.0248. The molecule has 0 aliphatic heterocycles. The molecule has 0 bridgehead atoms. The Labute approximate surface area is 167 Å². The number of anilines is 2. The number of amides is 1. The molecule has 144 valence electrons. The van der Waals surface area contributed by atoms with Crippen LogP contribution in [-0.2, 0) is 16.1 Å². The smallest absolute Gasteiger partial charge is 0.227 e. The zero-order chi connectivity index (χ0) is 17.4. The second-order valence-electron chi connectivity index (χ2n) is 5.70. The Morgan fingerprint density at radius 3 is 2.35 bits per heavy atom. The Bertz CT molecular complexity index is 652. The van der Waals surface area contributed by atoms with Crippen molar-refractivity contribution in [2.75, 3.05) is 30.9 Å². The number of para-hydroxylation sites is 2.